The predicted octanol–water partition coefficient (Wildman–Crippen LogP) is 4.02. The van der Waals surface area contributed by atoms with Crippen molar-refractivity contribution in [1.29, 1.82) is 0 Å². The maximum atomic E-state index is 12.5. The first-order valence-corrected chi connectivity index (χ1v) is 10.7. The van der Waals surface area contributed by atoms with E-state index in [0.717, 1.165) is 0 Å². The van der Waals surface area contributed by atoms with E-state index in [-0.39, 0.29) is 41.2 Å². The van der Waals surface area contributed by atoms with Crippen molar-refractivity contribution in [3.63, 3.8) is 0 Å². The van der Waals surface area contributed by atoms with E-state index in [9.17, 15) is 24.9 Å². The fourth-order valence-electron chi connectivity index (χ4n) is 4.39. The van der Waals surface area contributed by atoms with Gasteiger partial charge in [0.15, 0.2) is 5.78 Å². The van der Waals surface area contributed by atoms with Crippen molar-refractivity contribution in [2.24, 2.45) is 0 Å². The number of hydrogen-bond donors (Lipinski definition) is 3. The van der Waals surface area contributed by atoms with Crippen molar-refractivity contribution in [2.75, 3.05) is 7.11 Å². The van der Waals surface area contributed by atoms with E-state index >= 15 is 0 Å². The molecule has 2 heterocycles. The van der Waals surface area contributed by atoms with Crippen LogP contribution in [0.5, 0.6) is 17.2 Å². The summed E-state index contributed by atoms with van der Waals surface area (Å²) in [6.07, 6.45) is 0.515. The molecule has 3 N–H and O–H groups in total. The molecule has 0 saturated carbocycles. The Balaban J connectivity index is 1.98. The zero-order valence-electron chi connectivity index (χ0n) is 19.0. The molecule has 3 aromatic rings. The molecule has 0 aliphatic carbocycles. The van der Waals surface area contributed by atoms with Crippen LogP contribution in [-0.4, -0.2) is 39.2 Å². The van der Waals surface area contributed by atoms with Gasteiger partial charge in [-0.3, -0.25) is 14.6 Å². The molecular formula is C26H25NO7. The molecule has 2 aromatic carbocycles. The molecule has 0 fully saturated rings. The van der Waals surface area contributed by atoms with Gasteiger partial charge in [0.1, 0.15) is 23.4 Å². The van der Waals surface area contributed by atoms with Crippen LogP contribution in [0.25, 0.3) is 0 Å². The lowest BCUT2D eigenvalue weighted by molar-refractivity contribution is -0.140. The highest BCUT2D eigenvalue weighted by molar-refractivity contribution is 5.98. The average Bonchev–Trinajstić information content (AvgIpc) is 3.25. The zero-order chi connectivity index (χ0) is 24.6. The number of rotatable bonds is 6. The van der Waals surface area contributed by atoms with E-state index < -0.39 is 29.5 Å². The molecule has 0 bridgehead atoms. The second kappa shape index (κ2) is 9.15. The molecule has 176 valence electrons. The number of hydrogen-bond acceptors (Lipinski definition) is 8. The Bertz CT molecular complexity index is 1270. The molecule has 34 heavy (non-hydrogen) atoms. The molecule has 4 rings (SSSR count). The lowest BCUT2D eigenvalue weighted by Gasteiger charge is -2.24. The third-order valence-corrected chi connectivity index (χ3v) is 6.17. The number of fused-ring (bicyclic) bond motifs is 1. The third kappa shape index (κ3) is 3.97. The highest BCUT2D eigenvalue weighted by Crippen LogP contribution is 2.50. The summed E-state index contributed by atoms with van der Waals surface area (Å²) in [5.41, 5.74) is 2.31. The monoisotopic (exact) mass is 463 g/mol. The number of benzene rings is 2. The molecule has 2 atom stereocenters. The molecule has 0 radical (unpaired) electrons. The van der Waals surface area contributed by atoms with Crippen LogP contribution in [0.3, 0.4) is 0 Å². The van der Waals surface area contributed by atoms with Gasteiger partial charge in [-0.05, 0) is 25.5 Å². The summed E-state index contributed by atoms with van der Waals surface area (Å²) in [5.74, 6) is -2.60. The Hall–Kier alpha value is -3.91. The quantitative estimate of drug-likeness (QED) is 0.370. The number of nitrogens with zero attached hydrogens (tertiary/aromatic N) is 1. The number of phenolic OH excluding ortho intramolecular Hbond substituents is 2. The predicted molar refractivity (Wildman–Crippen MR) is 122 cm³/mol. The van der Waals surface area contributed by atoms with Gasteiger partial charge in [0.05, 0.1) is 31.4 Å². The van der Waals surface area contributed by atoms with Gasteiger partial charge in [0, 0.05) is 34.4 Å². The fraction of sp³-hybridized carbons (Fsp3) is 0.269. The standard InChI is InChI=1S/C26H25NO7/c1-13-23(30)21-16(11-27-13)12-34-26(21)19-9-17(14(2)28)24(31)22(25(19)32)18(10-20(29)33-3)15-7-5-4-6-8-15/h4-9,11,18,26,30-32H,10,12H2,1-3H3/t18-,26-/m1/s1. The Morgan fingerprint density at radius 2 is 1.85 bits per heavy atom. The van der Waals surface area contributed by atoms with Crippen LogP contribution in [0.15, 0.2) is 42.6 Å². The number of esters is 1. The maximum Gasteiger partial charge on any atom is 0.306 e. The van der Waals surface area contributed by atoms with Gasteiger partial charge >= 0.3 is 5.97 Å². The van der Waals surface area contributed by atoms with Crippen molar-refractivity contribution in [3.05, 3.63) is 81.7 Å². The van der Waals surface area contributed by atoms with Crippen LogP contribution in [0.4, 0.5) is 0 Å². The number of aromatic nitrogens is 1. The van der Waals surface area contributed by atoms with Gasteiger partial charge in [0.2, 0.25) is 0 Å². The second-order valence-corrected chi connectivity index (χ2v) is 8.25. The number of aryl methyl sites for hydroxylation is 1. The summed E-state index contributed by atoms with van der Waals surface area (Å²) >= 11 is 0. The summed E-state index contributed by atoms with van der Waals surface area (Å²) in [6.45, 7) is 3.10. The number of carbonyl (C=O) groups is 2. The lowest BCUT2D eigenvalue weighted by Crippen LogP contribution is -2.13. The number of ether oxygens (including phenoxy) is 2. The molecule has 1 aromatic heterocycles. The largest absolute Gasteiger partial charge is 0.507 e. The number of pyridine rings is 1. The van der Waals surface area contributed by atoms with Crippen LogP contribution in [0.2, 0.25) is 0 Å². The Morgan fingerprint density at radius 3 is 2.50 bits per heavy atom. The van der Waals surface area contributed by atoms with Crippen LogP contribution >= 0.6 is 0 Å². The van der Waals surface area contributed by atoms with Crippen molar-refractivity contribution >= 4 is 11.8 Å². The first-order chi connectivity index (χ1) is 16.2. The van der Waals surface area contributed by atoms with Gasteiger partial charge in [-0.25, -0.2) is 0 Å². The van der Waals surface area contributed by atoms with Crippen molar-refractivity contribution in [1.82, 2.24) is 4.98 Å². The molecule has 8 heteroatoms. The van der Waals surface area contributed by atoms with Crippen molar-refractivity contribution in [3.8, 4) is 17.2 Å². The normalized spacial score (nSPS) is 15.6. The van der Waals surface area contributed by atoms with E-state index in [1.807, 2.05) is 0 Å². The molecule has 0 spiro atoms. The summed E-state index contributed by atoms with van der Waals surface area (Å²) in [6, 6.07) is 10.2. The van der Waals surface area contributed by atoms with Gasteiger partial charge < -0.3 is 24.8 Å². The SMILES string of the molecule is COC(=O)C[C@H](c1ccccc1)c1c(O)c(C(C)=O)cc([C@H]2OCc3cnc(C)c(O)c32)c1O. The molecule has 8 nitrogen and oxygen atoms in total. The number of Topliss-reactive ketones (excluding diaryl/α,β-unsaturated/α-hetero) is 1. The van der Waals surface area contributed by atoms with E-state index in [1.165, 1.54) is 20.1 Å². The van der Waals surface area contributed by atoms with Crippen molar-refractivity contribution < 1.29 is 34.4 Å². The van der Waals surface area contributed by atoms with Gasteiger partial charge in [-0.1, -0.05) is 30.3 Å². The Morgan fingerprint density at radius 1 is 1.15 bits per heavy atom. The van der Waals surface area contributed by atoms with Gasteiger partial charge in [-0.15, -0.1) is 0 Å². The topological polar surface area (TPSA) is 126 Å². The number of phenols is 2. The summed E-state index contributed by atoms with van der Waals surface area (Å²) in [5, 5.41) is 33.2. The highest BCUT2D eigenvalue weighted by Gasteiger charge is 2.36. The molecule has 0 saturated heterocycles. The van der Waals surface area contributed by atoms with Gasteiger partial charge in [-0.2, -0.15) is 0 Å². The zero-order valence-corrected chi connectivity index (χ0v) is 19.0. The lowest BCUT2D eigenvalue weighted by atomic mass is 9.83. The average molecular weight is 463 g/mol. The van der Waals surface area contributed by atoms with Crippen LogP contribution in [0, 0.1) is 6.92 Å². The summed E-state index contributed by atoms with van der Waals surface area (Å²) < 4.78 is 10.8. The maximum absolute atomic E-state index is 12.5. The first-order valence-electron chi connectivity index (χ1n) is 10.7. The highest BCUT2D eigenvalue weighted by atomic mass is 16.5. The van der Waals surface area contributed by atoms with Gasteiger partial charge in [0.25, 0.3) is 0 Å². The Labute approximate surface area is 196 Å². The van der Waals surface area contributed by atoms with E-state index in [1.54, 1.807) is 43.5 Å². The van der Waals surface area contributed by atoms with E-state index in [2.05, 4.69) is 4.98 Å². The minimum absolute atomic E-state index is 0.0154. The molecule has 1 aliphatic heterocycles. The number of carbonyl (C=O) groups excluding carboxylic acids is 2. The van der Waals surface area contributed by atoms with Crippen LogP contribution < -0.4 is 0 Å². The smallest absolute Gasteiger partial charge is 0.306 e. The van der Waals surface area contributed by atoms with E-state index in [4.69, 9.17) is 9.47 Å². The fourth-order valence-corrected chi connectivity index (χ4v) is 4.39. The van der Waals surface area contributed by atoms with Crippen LogP contribution in [0.1, 0.15) is 69.2 Å². The third-order valence-electron chi connectivity index (χ3n) is 6.17. The van der Waals surface area contributed by atoms with Crippen LogP contribution in [-0.2, 0) is 20.9 Å². The summed E-state index contributed by atoms with van der Waals surface area (Å²) in [4.78, 5) is 28.9. The Kier molecular flexibility index (Phi) is 6.26. The van der Waals surface area contributed by atoms with Crippen molar-refractivity contribution in [2.45, 2.75) is 38.9 Å². The molecular weight excluding hydrogens is 438 g/mol. The minimum Gasteiger partial charge on any atom is -0.507 e. The second-order valence-electron chi connectivity index (χ2n) is 8.25. The number of methoxy groups -OCH3 is 1. The first kappa shape index (κ1) is 23.3. The number of ketones is 1. The molecule has 0 unspecified atom stereocenters. The minimum atomic E-state index is -0.899. The summed E-state index contributed by atoms with van der Waals surface area (Å²) in [7, 11) is 1.25. The molecule has 0 amide bonds. The number of aromatic hydroxyl groups is 3. The van der Waals surface area contributed by atoms with E-state index in [0.29, 0.717) is 22.4 Å². The molecule has 1 aliphatic rings.